The van der Waals surface area contributed by atoms with Crippen LogP contribution in [0.5, 0.6) is 0 Å². The van der Waals surface area contributed by atoms with Crippen molar-refractivity contribution in [2.75, 3.05) is 0 Å². The van der Waals surface area contributed by atoms with Crippen LogP contribution in [0.25, 0.3) is 0 Å². The van der Waals surface area contributed by atoms with E-state index >= 15 is 0 Å². The second-order valence-electron chi connectivity index (χ2n) is 8.33. The fraction of sp³-hybridized carbons (Fsp3) is 0.364. The Morgan fingerprint density at radius 1 is 0.679 bits per heavy atom. The first-order chi connectivity index (χ1) is 12.9. The predicted molar refractivity (Wildman–Crippen MR) is 106 cm³/mol. The zero-order valence-electron chi connectivity index (χ0n) is 16.9. The fourth-order valence-corrected chi connectivity index (χ4v) is 3.77. The molecule has 1 aliphatic heterocycles. The van der Waals surface area contributed by atoms with E-state index < -0.39 is 11.1 Å². The van der Waals surface area contributed by atoms with Crippen LogP contribution in [0.4, 0.5) is 8.78 Å². The van der Waals surface area contributed by atoms with Gasteiger partial charge in [-0.3, -0.25) is 0 Å². The van der Waals surface area contributed by atoms with Crippen LogP contribution in [0.15, 0.2) is 36.4 Å². The van der Waals surface area contributed by atoms with Crippen LogP contribution in [-0.2, 0) is 0 Å². The average Bonchev–Trinajstić information content (AvgIpc) is 2.60. The minimum Gasteiger partial charge on any atom is -0.623 e. The summed E-state index contributed by atoms with van der Waals surface area (Å²) in [5.41, 5.74) is -0.0966. The van der Waals surface area contributed by atoms with Gasteiger partial charge in [-0.15, -0.1) is 0 Å². The number of benzene rings is 2. The third kappa shape index (κ3) is 2.87. The molecular weight excluding hydrogens is 362 g/mol. The van der Waals surface area contributed by atoms with E-state index in [0.717, 1.165) is 9.48 Å². The van der Waals surface area contributed by atoms with E-state index in [0.29, 0.717) is 22.3 Å². The first-order valence-corrected chi connectivity index (χ1v) is 9.11. The molecule has 0 saturated carbocycles. The Kier molecular flexibility index (Phi) is 4.57. The highest BCUT2D eigenvalue weighted by atomic mass is 19.1. The topological polar surface area (TPSA) is 52.1 Å². The van der Waals surface area contributed by atoms with Crippen LogP contribution in [0.2, 0.25) is 0 Å². The molecule has 0 fully saturated rings. The van der Waals surface area contributed by atoms with Gasteiger partial charge >= 0.3 is 0 Å². The zero-order valence-corrected chi connectivity index (χ0v) is 16.9. The van der Waals surface area contributed by atoms with Crippen LogP contribution in [0.1, 0.15) is 49.9 Å². The summed E-state index contributed by atoms with van der Waals surface area (Å²) in [5, 5.41) is 26.9. The highest BCUT2D eigenvalue weighted by molar-refractivity contribution is 6.09. The molecule has 148 valence electrons. The van der Waals surface area contributed by atoms with Crippen LogP contribution >= 0.6 is 0 Å². The number of rotatable bonds is 2. The van der Waals surface area contributed by atoms with Gasteiger partial charge in [0.05, 0.1) is 11.1 Å². The van der Waals surface area contributed by atoms with Gasteiger partial charge in [0.25, 0.3) is 22.5 Å². The van der Waals surface area contributed by atoms with Gasteiger partial charge in [-0.25, -0.2) is 8.78 Å². The van der Waals surface area contributed by atoms with Gasteiger partial charge in [-0.1, -0.05) is 0 Å². The summed E-state index contributed by atoms with van der Waals surface area (Å²) < 4.78 is 29.1. The molecule has 0 saturated heterocycles. The first kappa shape index (κ1) is 20.0. The van der Waals surface area contributed by atoms with Crippen molar-refractivity contribution in [2.24, 2.45) is 0 Å². The Hall–Kier alpha value is -2.76. The van der Waals surface area contributed by atoms with Gasteiger partial charge in [-0.2, -0.15) is 9.48 Å². The number of hydrogen-bond acceptors (Lipinski definition) is 2. The van der Waals surface area contributed by atoms with E-state index in [-0.39, 0.29) is 23.1 Å². The van der Waals surface area contributed by atoms with Crippen LogP contribution in [-0.4, -0.2) is 32.0 Å². The molecule has 1 heterocycles. The zero-order chi connectivity index (χ0) is 21.0. The predicted octanol–water partition coefficient (Wildman–Crippen LogP) is 4.45. The molecule has 0 aliphatic carbocycles. The highest BCUT2D eigenvalue weighted by Crippen LogP contribution is 2.31. The van der Waals surface area contributed by atoms with Crippen molar-refractivity contribution in [3.63, 3.8) is 0 Å². The molecular formula is C22H24F2N2O2. The van der Waals surface area contributed by atoms with Gasteiger partial charge in [0, 0.05) is 27.7 Å². The number of hydrogen-bond donors (Lipinski definition) is 0. The summed E-state index contributed by atoms with van der Waals surface area (Å²) in [5.74, 6) is -0.745. The summed E-state index contributed by atoms with van der Waals surface area (Å²) in [4.78, 5) is 0. The van der Waals surface area contributed by atoms with Crippen LogP contribution in [0, 0.1) is 35.9 Å². The summed E-state index contributed by atoms with van der Waals surface area (Å²) in [7, 11) is 0. The quantitative estimate of drug-likeness (QED) is 0.566. The first-order valence-electron chi connectivity index (χ1n) is 9.11. The summed E-state index contributed by atoms with van der Waals surface area (Å²) >= 11 is 0. The lowest BCUT2D eigenvalue weighted by Crippen LogP contribution is -2.62. The van der Waals surface area contributed by atoms with Crippen molar-refractivity contribution in [3.8, 4) is 0 Å². The molecule has 0 radical (unpaired) electrons. The van der Waals surface area contributed by atoms with Gasteiger partial charge in [-0.05, 0) is 61.4 Å². The van der Waals surface area contributed by atoms with Gasteiger partial charge in [0.15, 0.2) is 0 Å². The van der Waals surface area contributed by atoms with Gasteiger partial charge in [0.1, 0.15) is 11.6 Å². The molecule has 6 heteroatoms. The smallest absolute Gasteiger partial charge is 0.268 e. The second kappa shape index (κ2) is 6.40. The SMILES string of the molecule is Cc1cc(C2=[N+]([O-])C(C)(C)C(c3ccc(F)c(C)c3)=[N+]([O-])C2(C)C)ccc1F. The molecule has 3 rings (SSSR count). The van der Waals surface area contributed by atoms with E-state index in [1.54, 1.807) is 53.7 Å². The number of aryl methyl sites for hydroxylation is 2. The third-order valence-corrected chi connectivity index (χ3v) is 5.44. The summed E-state index contributed by atoms with van der Waals surface area (Å²) in [6.45, 7) is 9.86. The van der Waals surface area contributed by atoms with E-state index in [9.17, 15) is 19.2 Å². The lowest BCUT2D eigenvalue weighted by Gasteiger charge is -2.38. The van der Waals surface area contributed by atoms with E-state index in [2.05, 4.69) is 0 Å². The second-order valence-corrected chi connectivity index (χ2v) is 8.33. The molecule has 0 atom stereocenters. The minimum absolute atomic E-state index is 0.262. The van der Waals surface area contributed by atoms with Crippen molar-refractivity contribution in [2.45, 2.75) is 52.6 Å². The molecule has 0 aromatic heterocycles. The average molecular weight is 386 g/mol. The Morgan fingerprint density at radius 3 is 1.29 bits per heavy atom. The number of nitrogens with zero attached hydrogens (tertiary/aromatic N) is 2. The normalized spacial score (nSPS) is 18.6. The van der Waals surface area contributed by atoms with Gasteiger partial charge in [0.2, 0.25) is 0 Å². The van der Waals surface area contributed by atoms with E-state index in [1.165, 1.54) is 24.3 Å². The van der Waals surface area contributed by atoms with Crippen LogP contribution in [0.3, 0.4) is 0 Å². The van der Waals surface area contributed by atoms with Crippen molar-refractivity contribution >= 4 is 11.4 Å². The van der Waals surface area contributed by atoms with Gasteiger partial charge < -0.3 is 10.4 Å². The molecule has 0 spiro atoms. The van der Waals surface area contributed by atoms with Crippen molar-refractivity contribution < 1.29 is 18.3 Å². The fourth-order valence-electron chi connectivity index (χ4n) is 3.77. The molecule has 0 amide bonds. The third-order valence-electron chi connectivity index (χ3n) is 5.44. The molecule has 2 aromatic carbocycles. The Morgan fingerprint density at radius 2 is 1.00 bits per heavy atom. The molecule has 0 unspecified atom stereocenters. The largest absolute Gasteiger partial charge is 0.623 e. The molecule has 2 aromatic rings. The Balaban J connectivity index is 2.28. The molecule has 1 aliphatic rings. The standard InChI is InChI=1S/C22H24F2N2O2/c1-13-11-15(7-9-17(13)23)19-21(3,4)26(28)20(22(5,6)25(19)27)16-8-10-18(24)14(2)12-16/h7-12H,1-6H3. The monoisotopic (exact) mass is 386 g/mol. The van der Waals surface area contributed by atoms with Crippen molar-refractivity contribution in [1.29, 1.82) is 0 Å². The van der Waals surface area contributed by atoms with E-state index in [4.69, 9.17) is 0 Å². The maximum Gasteiger partial charge on any atom is 0.268 e. The lowest BCUT2D eigenvalue weighted by molar-refractivity contribution is -0.598. The highest BCUT2D eigenvalue weighted by Gasteiger charge is 2.55. The maximum atomic E-state index is 13.7. The molecule has 0 bridgehead atoms. The number of hydroxylamine groups is 2. The lowest BCUT2D eigenvalue weighted by atomic mass is 9.82. The molecule has 4 nitrogen and oxygen atoms in total. The van der Waals surface area contributed by atoms with E-state index in [1.807, 2.05) is 0 Å². The molecule has 0 N–H and O–H groups in total. The maximum absolute atomic E-state index is 13.7. The van der Waals surface area contributed by atoms with Crippen LogP contribution < -0.4 is 0 Å². The summed E-state index contributed by atoms with van der Waals surface area (Å²) in [6, 6.07) is 8.78. The van der Waals surface area contributed by atoms with Crippen molar-refractivity contribution in [1.82, 2.24) is 0 Å². The molecule has 28 heavy (non-hydrogen) atoms. The Bertz CT molecular complexity index is 953. The minimum atomic E-state index is -1.21. The summed E-state index contributed by atoms with van der Waals surface area (Å²) in [6.07, 6.45) is 0. The Labute approximate surface area is 163 Å². The van der Waals surface area contributed by atoms with Crippen molar-refractivity contribution in [3.05, 3.63) is 80.7 Å². The number of halogens is 2.